The molecule has 5 nitrogen and oxygen atoms in total. The van der Waals surface area contributed by atoms with Crippen LogP contribution >= 0.6 is 0 Å². The van der Waals surface area contributed by atoms with Gasteiger partial charge in [0.15, 0.2) is 5.82 Å². The van der Waals surface area contributed by atoms with Gasteiger partial charge in [0.25, 0.3) is 0 Å². The van der Waals surface area contributed by atoms with Crippen molar-refractivity contribution in [1.29, 1.82) is 0 Å². The molecule has 0 radical (unpaired) electrons. The Balaban J connectivity index is 2.49. The van der Waals surface area contributed by atoms with Gasteiger partial charge in [0, 0.05) is 5.56 Å². The Morgan fingerprint density at radius 3 is 3.36 bits per heavy atom. The Bertz CT molecular complexity index is 275. The summed E-state index contributed by atoms with van der Waals surface area (Å²) in [6, 6.07) is 0. The van der Waals surface area contributed by atoms with E-state index in [0.29, 0.717) is 19.2 Å². The number of rotatable bonds is 0. The molecule has 0 unspecified atom stereocenters. The predicted molar refractivity (Wildman–Crippen MR) is 39.7 cm³/mol. The van der Waals surface area contributed by atoms with E-state index in [-0.39, 0.29) is 0 Å². The maximum Gasteiger partial charge on any atom is 0.169 e. The SMILES string of the molecule is Nc1nncc2c1NCOC2. The molecule has 0 atom stereocenters. The summed E-state index contributed by atoms with van der Waals surface area (Å²) >= 11 is 0. The second-order valence-electron chi connectivity index (χ2n) is 2.30. The second kappa shape index (κ2) is 2.35. The molecule has 0 saturated heterocycles. The molecule has 1 aromatic heterocycles. The molecule has 0 aliphatic carbocycles. The lowest BCUT2D eigenvalue weighted by molar-refractivity contribution is 0.130. The van der Waals surface area contributed by atoms with Crippen LogP contribution in [0.15, 0.2) is 6.20 Å². The van der Waals surface area contributed by atoms with E-state index in [1.165, 1.54) is 0 Å². The highest BCUT2D eigenvalue weighted by molar-refractivity contribution is 5.65. The quantitative estimate of drug-likeness (QED) is 0.545. The maximum absolute atomic E-state index is 5.55. The number of nitrogens with one attached hydrogen (secondary N) is 1. The number of fused-ring (bicyclic) bond motifs is 1. The normalized spacial score (nSPS) is 15.3. The third kappa shape index (κ3) is 0.988. The van der Waals surface area contributed by atoms with Gasteiger partial charge in [-0.05, 0) is 0 Å². The van der Waals surface area contributed by atoms with Gasteiger partial charge in [-0.2, -0.15) is 5.10 Å². The summed E-state index contributed by atoms with van der Waals surface area (Å²) < 4.78 is 5.12. The van der Waals surface area contributed by atoms with Crippen LogP contribution in [0.2, 0.25) is 0 Å². The molecule has 0 fully saturated rings. The van der Waals surface area contributed by atoms with Gasteiger partial charge in [-0.25, -0.2) is 0 Å². The predicted octanol–water partition coefficient (Wildman–Crippen LogP) is -0.0416. The van der Waals surface area contributed by atoms with E-state index < -0.39 is 0 Å². The highest BCUT2D eigenvalue weighted by Gasteiger charge is 2.11. The third-order valence-electron chi connectivity index (χ3n) is 1.56. The zero-order chi connectivity index (χ0) is 7.68. The van der Waals surface area contributed by atoms with Gasteiger partial charge in [-0.15, -0.1) is 5.10 Å². The average molecular weight is 152 g/mol. The minimum Gasteiger partial charge on any atom is -0.380 e. The molecule has 2 heterocycles. The van der Waals surface area contributed by atoms with Crippen molar-refractivity contribution in [2.45, 2.75) is 6.61 Å². The van der Waals surface area contributed by atoms with Gasteiger partial charge < -0.3 is 15.8 Å². The van der Waals surface area contributed by atoms with Gasteiger partial charge >= 0.3 is 0 Å². The molecule has 3 N–H and O–H groups in total. The highest BCUT2D eigenvalue weighted by atomic mass is 16.5. The van der Waals surface area contributed by atoms with Crippen LogP contribution in [0.5, 0.6) is 0 Å². The Morgan fingerprint density at radius 1 is 1.64 bits per heavy atom. The molecule has 2 rings (SSSR count). The summed E-state index contributed by atoms with van der Waals surface area (Å²) in [5, 5.41) is 10.4. The van der Waals surface area contributed by atoms with Crippen LogP contribution in [0.25, 0.3) is 0 Å². The Morgan fingerprint density at radius 2 is 2.55 bits per heavy atom. The van der Waals surface area contributed by atoms with E-state index in [2.05, 4.69) is 15.5 Å². The largest absolute Gasteiger partial charge is 0.380 e. The lowest BCUT2D eigenvalue weighted by Crippen LogP contribution is -2.17. The zero-order valence-electron chi connectivity index (χ0n) is 5.87. The topological polar surface area (TPSA) is 73.1 Å². The first-order chi connectivity index (χ1) is 5.38. The number of hydrogen-bond acceptors (Lipinski definition) is 5. The molecule has 11 heavy (non-hydrogen) atoms. The fourth-order valence-corrected chi connectivity index (χ4v) is 1.04. The number of ether oxygens (including phenoxy) is 1. The van der Waals surface area contributed by atoms with Crippen molar-refractivity contribution in [2.75, 3.05) is 17.8 Å². The first-order valence-corrected chi connectivity index (χ1v) is 3.29. The van der Waals surface area contributed by atoms with Crippen molar-refractivity contribution in [3.8, 4) is 0 Å². The van der Waals surface area contributed by atoms with E-state index in [1.807, 2.05) is 0 Å². The maximum atomic E-state index is 5.55. The van der Waals surface area contributed by atoms with E-state index >= 15 is 0 Å². The second-order valence-corrected chi connectivity index (χ2v) is 2.30. The van der Waals surface area contributed by atoms with Crippen molar-refractivity contribution < 1.29 is 4.74 Å². The number of nitrogens with two attached hydrogens (primary N) is 1. The van der Waals surface area contributed by atoms with Crippen LogP contribution in [0.3, 0.4) is 0 Å². The minimum absolute atomic E-state index is 0.436. The first-order valence-electron chi connectivity index (χ1n) is 3.29. The number of anilines is 2. The summed E-state index contributed by atoms with van der Waals surface area (Å²) in [5.41, 5.74) is 7.36. The Labute approximate surface area is 63.6 Å². The molecule has 0 amide bonds. The summed E-state index contributed by atoms with van der Waals surface area (Å²) in [7, 11) is 0. The number of nitrogen functional groups attached to an aromatic ring is 1. The van der Waals surface area contributed by atoms with Gasteiger partial charge in [0.2, 0.25) is 0 Å². The van der Waals surface area contributed by atoms with Crippen molar-refractivity contribution in [2.24, 2.45) is 0 Å². The molecule has 1 aliphatic rings. The van der Waals surface area contributed by atoms with Crippen LogP contribution < -0.4 is 11.1 Å². The summed E-state index contributed by atoms with van der Waals surface area (Å²) in [4.78, 5) is 0. The van der Waals surface area contributed by atoms with Gasteiger partial charge in [-0.3, -0.25) is 0 Å². The Kier molecular flexibility index (Phi) is 1.36. The van der Waals surface area contributed by atoms with Crippen LogP contribution in [0.1, 0.15) is 5.56 Å². The summed E-state index contributed by atoms with van der Waals surface area (Å²) in [6.07, 6.45) is 1.65. The molecule has 0 saturated carbocycles. The molecule has 0 aromatic carbocycles. The van der Waals surface area contributed by atoms with Crippen LogP contribution in [-0.4, -0.2) is 16.9 Å². The lowest BCUT2D eigenvalue weighted by atomic mass is 10.2. The molecular formula is C6H8N4O. The molecule has 1 aliphatic heterocycles. The average Bonchev–Trinajstić information content (AvgIpc) is 2.06. The van der Waals surface area contributed by atoms with Gasteiger partial charge in [0.05, 0.1) is 18.5 Å². The smallest absolute Gasteiger partial charge is 0.169 e. The molecule has 5 heteroatoms. The van der Waals surface area contributed by atoms with E-state index in [0.717, 1.165) is 11.3 Å². The Hall–Kier alpha value is -1.36. The van der Waals surface area contributed by atoms with Crippen molar-refractivity contribution in [3.05, 3.63) is 11.8 Å². The number of aromatic nitrogens is 2. The first kappa shape index (κ1) is 6.36. The van der Waals surface area contributed by atoms with E-state index in [9.17, 15) is 0 Å². The fraction of sp³-hybridized carbons (Fsp3) is 0.333. The van der Waals surface area contributed by atoms with Gasteiger partial charge in [-0.1, -0.05) is 0 Å². The molecule has 0 bridgehead atoms. The monoisotopic (exact) mass is 152 g/mol. The minimum atomic E-state index is 0.436. The third-order valence-corrected chi connectivity index (χ3v) is 1.56. The van der Waals surface area contributed by atoms with Crippen LogP contribution in [0, 0.1) is 0 Å². The van der Waals surface area contributed by atoms with E-state index in [1.54, 1.807) is 6.20 Å². The summed E-state index contributed by atoms with van der Waals surface area (Å²) in [5.74, 6) is 0.436. The van der Waals surface area contributed by atoms with Crippen molar-refractivity contribution in [1.82, 2.24) is 10.2 Å². The fourth-order valence-electron chi connectivity index (χ4n) is 1.04. The molecule has 1 aromatic rings. The van der Waals surface area contributed by atoms with Gasteiger partial charge in [0.1, 0.15) is 6.73 Å². The number of nitrogens with zero attached hydrogens (tertiary/aromatic N) is 2. The number of hydrogen-bond donors (Lipinski definition) is 2. The summed E-state index contributed by atoms with van der Waals surface area (Å²) in [6.45, 7) is 1.05. The standard InChI is InChI=1S/C6H8N4O/c7-6-5-4(1-9-10-6)2-11-3-8-5/h1,8H,2-3H2,(H2,7,10). The molecule has 58 valence electrons. The van der Waals surface area contributed by atoms with E-state index in [4.69, 9.17) is 10.5 Å². The van der Waals surface area contributed by atoms with Crippen LogP contribution in [0.4, 0.5) is 11.5 Å². The molecular weight excluding hydrogens is 144 g/mol. The van der Waals surface area contributed by atoms with Crippen LogP contribution in [-0.2, 0) is 11.3 Å². The lowest BCUT2D eigenvalue weighted by Gasteiger charge is -2.17. The highest BCUT2D eigenvalue weighted by Crippen LogP contribution is 2.23. The zero-order valence-corrected chi connectivity index (χ0v) is 5.87. The molecule has 0 spiro atoms. The van der Waals surface area contributed by atoms with Crippen molar-refractivity contribution >= 4 is 11.5 Å². The van der Waals surface area contributed by atoms with Crippen molar-refractivity contribution in [3.63, 3.8) is 0 Å².